The summed E-state index contributed by atoms with van der Waals surface area (Å²) < 4.78 is 0. The molecule has 0 bridgehead atoms. The Labute approximate surface area is 128 Å². The second-order valence-corrected chi connectivity index (χ2v) is 6.40. The minimum absolute atomic E-state index is 0.115. The summed E-state index contributed by atoms with van der Waals surface area (Å²) in [6, 6.07) is 4.90. The van der Waals surface area contributed by atoms with Gasteiger partial charge in [0.2, 0.25) is 0 Å². The van der Waals surface area contributed by atoms with Crippen molar-refractivity contribution in [2.75, 3.05) is 6.54 Å². The van der Waals surface area contributed by atoms with Gasteiger partial charge in [-0.3, -0.25) is 4.79 Å². The van der Waals surface area contributed by atoms with Crippen molar-refractivity contribution in [3.63, 3.8) is 0 Å². The number of carbonyl (C=O) groups is 1. The van der Waals surface area contributed by atoms with Crippen LogP contribution in [0.25, 0.3) is 0 Å². The van der Waals surface area contributed by atoms with Crippen LogP contribution in [0.15, 0.2) is 18.2 Å². The van der Waals surface area contributed by atoms with Crippen molar-refractivity contribution in [2.24, 2.45) is 5.92 Å². The Morgan fingerprint density at radius 3 is 2.74 bits per heavy atom. The first-order chi connectivity index (χ1) is 9.06. The van der Waals surface area contributed by atoms with Crippen LogP contribution in [0.5, 0.6) is 0 Å². The largest absolute Gasteiger partial charge is 0.352 e. The van der Waals surface area contributed by atoms with Crippen LogP contribution in [0, 0.1) is 5.92 Å². The van der Waals surface area contributed by atoms with Crippen LogP contribution in [0.2, 0.25) is 10.0 Å². The maximum absolute atomic E-state index is 12.0. The predicted molar refractivity (Wildman–Crippen MR) is 80.4 cm³/mol. The Bertz CT molecular complexity index is 464. The number of alkyl halides is 1. The topological polar surface area (TPSA) is 29.1 Å². The molecule has 0 heterocycles. The van der Waals surface area contributed by atoms with Crippen LogP contribution in [0.1, 0.15) is 36.0 Å². The molecule has 1 N–H and O–H groups in total. The van der Waals surface area contributed by atoms with Gasteiger partial charge in [-0.05, 0) is 43.4 Å². The number of halogens is 3. The van der Waals surface area contributed by atoms with Crippen molar-refractivity contribution in [3.05, 3.63) is 33.8 Å². The second kappa shape index (κ2) is 6.83. The monoisotopic (exact) mass is 319 g/mol. The molecule has 1 aromatic rings. The lowest BCUT2D eigenvalue weighted by molar-refractivity contribution is 0.0943. The van der Waals surface area contributed by atoms with E-state index in [4.69, 9.17) is 34.8 Å². The molecule has 1 saturated carbocycles. The zero-order valence-electron chi connectivity index (χ0n) is 10.5. The Hall–Kier alpha value is -0.440. The summed E-state index contributed by atoms with van der Waals surface area (Å²) in [5.74, 6) is 0.359. The third-order valence-corrected chi connectivity index (χ3v) is 4.59. The predicted octanol–water partition coefficient (Wildman–Crippen LogP) is 4.52. The van der Waals surface area contributed by atoms with E-state index in [1.807, 2.05) is 0 Å². The van der Waals surface area contributed by atoms with Crippen LogP contribution < -0.4 is 5.32 Å². The molecule has 5 heteroatoms. The van der Waals surface area contributed by atoms with Gasteiger partial charge >= 0.3 is 0 Å². The maximum atomic E-state index is 12.0. The minimum Gasteiger partial charge on any atom is -0.352 e. The highest BCUT2D eigenvalue weighted by Gasteiger charge is 2.20. The first-order valence-electron chi connectivity index (χ1n) is 6.43. The van der Waals surface area contributed by atoms with E-state index in [1.54, 1.807) is 18.2 Å². The highest BCUT2D eigenvalue weighted by atomic mass is 35.5. The van der Waals surface area contributed by atoms with Gasteiger partial charge in [-0.1, -0.05) is 29.6 Å². The van der Waals surface area contributed by atoms with E-state index >= 15 is 0 Å². The fourth-order valence-electron chi connectivity index (χ4n) is 2.39. The lowest BCUT2D eigenvalue weighted by Gasteiger charge is -2.25. The van der Waals surface area contributed by atoms with Gasteiger partial charge in [0.1, 0.15) is 0 Å². The van der Waals surface area contributed by atoms with E-state index in [9.17, 15) is 4.79 Å². The zero-order valence-corrected chi connectivity index (χ0v) is 12.7. The molecule has 104 valence electrons. The molecule has 0 radical (unpaired) electrons. The number of carbonyl (C=O) groups excluding carboxylic acids is 1. The first kappa shape index (κ1) is 15.0. The molecule has 1 aliphatic rings. The molecule has 0 spiro atoms. The third kappa shape index (κ3) is 4.27. The van der Waals surface area contributed by atoms with Crippen LogP contribution in [0.4, 0.5) is 0 Å². The Morgan fingerprint density at radius 1 is 1.26 bits per heavy atom. The van der Waals surface area contributed by atoms with E-state index in [-0.39, 0.29) is 11.3 Å². The molecule has 2 nitrogen and oxygen atoms in total. The Balaban J connectivity index is 1.88. The summed E-state index contributed by atoms with van der Waals surface area (Å²) in [6.45, 7) is 0.669. The number of hydrogen-bond acceptors (Lipinski definition) is 1. The molecule has 2 rings (SSSR count). The van der Waals surface area contributed by atoms with Crippen molar-refractivity contribution in [1.82, 2.24) is 5.32 Å². The number of amides is 1. The zero-order chi connectivity index (χ0) is 13.8. The summed E-state index contributed by atoms with van der Waals surface area (Å²) in [6.07, 6.45) is 4.33. The van der Waals surface area contributed by atoms with Gasteiger partial charge in [0.15, 0.2) is 0 Å². The van der Waals surface area contributed by atoms with Gasteiger partial charge in [0, 0.05) is 17.5 Å². The summed E-state index contributed by atoms with van der Waals surface area (Å²) >= 11 is 17.9. The van der Waals surface area contributed by atoms with Crippen LogP contribution in [-0.4, -0.2) is 17.8 Å². The second-order valence-electron chi connectivity index (χ2n) is 4.97. The van der Waals surface area contributed by atoms with Crippen LogP contribution >= 0.6 is 34.8 Å². The highest BCUT2D eigenvalue weighted by molar-refractivity contribution is 6.42. The maximum Gasteiger partial charge on any atom is 0.251 e. The van der Waals surface area contributed by atoms with Crippen LogP contribution in [-0.2, 0) is 0 Å². The molecule has 2 unspecified atom stereocenters. The SMILES string of the molecule is O=C(NCC1CCCC(Cl)C1)c1ccc(Cl)c(Cl)c1. The molecule has 0 saturated heterocycles. The van der Waals surface area contributed by atoms with Gasteiger partial charge in [-0.2, -0.15) is 0 Å². The van der Waals surface area contributed by atoms with E-state index in [1.165, 1.54) is 0 Å². The Kier molecular flexibility index (Phi) is 5.37. The molecule has 1 fully saturated rings. The quantitative estimate of drug-likeness (QED) is 0.815. The average Bonchev–Trinajstić information content (AvgIpc) is 2.39. The van der Waals surface area contributed by atoms with Gasteiger partial charge in [0.25, 0.3) is 5.91 Å². The van der Waals surface area contributed by atoms with Gasteiger partial charge in [0.05, 0.1) is 10.0 Å². The molecular weight excluding hydrogens is 305 g/mol. The van der Waals surface area contributed by atoms with Crippen molar-refractivity contribution in [3.8, 4) is 0 Å². The normalized spacial score (nSPS) is 23.1. The molecule has 0 aromatic heterocycles. The molecule has 2 atom stereocenters. The lowest BCUT2D eigenvalue weighted by atomic mass is 9.89. The van der Waals surface area contributed by atoms with Gasteiger partial charge in [-0.15, -0.1) is 11.6 Å². The average molecular weight is 321 g/mol. The number of nitrogens with one attached hydrogen (secondary N) is 1. The number of benzene rings is 1. The van der Waals surface area contributed by atoms with Crippen molar-refractivity contribution in [1.29, 1.82) is 0 Å². The van der Waals surface area contributed by atoms with Crippen LogP contribution in [0.3, 0.4) is 0 Å². The summed E-state index contributed by atoms with van der Waals surface area (Å²) in [5.41, 5.74) is 0.535. The standard InChI is InChI=1S/C14H16Cl3NO/c15-11-3-1-2-9(6-11)8-18-14(19)10-4-5-12(16)13(17)7-10/h4-5,7,9,11H,1-3,6,8H2,(H,18,19). The number of hydrogen-bond donors (Lipinski definition) is 1. The highest BCUT2D eigenvalue weighted by Crippen LogP contribution is 2.27. The fraction of sp³-hybridized carbons (Fsp3) is 0.500. The van der Waals surface area contributed by atoms with E-state index in [2.05, 4.69) is 5.32 Å². The van der Waals surface area contributed by atoms with E-state index in [0.29, 0.717) is 28.1 Å². The fourth-order valence-corrected chi connectivity index (χ4v) is 3.09. The smallest absolute Gasteiger partial charge is 0.251 e. The van der Waals surface area contributed by atoms with E-state index < -0.39 is 0 Å². The van der Waals surface area contributed by atoms with Crippen molar-refractivity contribution < 1.29 is 4.79 Å². The lowest BCUT2D eigenvalue weighted by Crippen LogP contribution is -2.32. The third-order valence-electron chi connectivity index (χ3n) is 3.45. The summed E-state index contributed by atoms with van der Waals surface area (Å²) in [7, 11) is 0. The Morgan fingerprint density at radius 2 is 2.05 bits per heavy atom. The molecule has 0 aliphatic heterocycles. The molecule has 1 aliphatic carbocycles. The molecule has 1 amide bonds. The molecule has 19 heavy (non-hydrogen) atoms. The summed E-state index contributed by atoms with van der Waals surface area (Å²) in [5, 5.41) is 4.04. The van der Waals surface area contributed by atoms with Gasteiger partial charge in [-0.25, -0.2) is 0 Å². The van der Waals surface area contributed by atoms with E-state index in [0.717, 1.165) is 25.7 Å². The van der Waals surface area contributed by atoms with Crippen molar-refractivity contribution in [2.45, 2.75) is 31.1 Å². The first-order valence-corrected chi connectivity index (χ1v) is 7.63. The minimum atomic E-state index is -0.115. The molecule has 1 aromatic carbocycles. The number of rotatable bonds is 3. The molecular formula is C14H16Cl3NO. The van der Waals surface area contributed by atoms with Crippen molar-refractivity contribution >= 4 is 40.7 Å². The summed E-state index contributed by atoms with van der Waals surface area (Å²) in [4.78, 5) is 12.0. The van der Waals surface area contributed by atoms with Gasteiger partial charge < -0.3 is 5.32 Å².